The molecule has 0 aromatic carbocycles. The molecule has 0 amide bonds. The zero-order valence-electron chi connectivity index (χ0n) is 11.0. The molecule has 0 heterocycles. The molecule has 5 heteroatoms. The van der Waals surface area contributed by atoms with Gasteiger partial charge < -0.3 is 19.8 Å². The summed E-state index contributed by atoms with van der Waals surface area (Å²) in [5.41, 5.74) is 0. The Morgan fingerprint density at radius 2 is 1.16 bits per heavy atom. The minimum atomic E-state index is -0.903. The minimum Gasteiger partial charge on any atom is -0.550 e. The Kier molecular flexibility index (Phi) is 9.82. The van der Waals surface area contributed by atoms with Gasteiger partial charge in [0.25, 0.3) is 0 Å². The molecule has 19 heavy (non-hydrogen) atoms. The maximum atomic E-state index is 10.2. The van der Waals surface area contributed by atoms with Gasteiger partial charge in [0.05, 0.1) is 0 Å². The first-order valence-corrected chi connectivity index (χ1v) is 6.33. The summed E-state index contributed by atoms with van der Waals surface area (Å²) in [5.74, 6) is -2.26. The van der Waals surface area contributed by atoms with Gasteiger partial charge in [-0.3, -0.25) is 0 Å². The van der Waals surface area contributed by atoms with Crippen molar-refractivity contribution >= 4 is 11.9 Å². The van der Waals surface area contributed by atoms with Crippen molar-refractivity contribution in [2.75, 3.05) is 0 Å². The smallest absolute Gasteiger partial charge is 0.550 e. The second-order valence-corrected chi connectivity index (χ2v) is 4.60. The zero-order valence-corrected chi connectivity index (χ0v) is 15.1. The quantitative estimate of drug-likeness (QED) is 0.518. The number of hydrogen-bond acceptors (Lipinski definition) is 4. The fraction of sp³-hybridized carbons (Fsp3) is 0.571. The molecule has 2 unspecified atom stereocenters. The summed E-state index contributed by atoms with van der Waals surface area (Å²) in [4.78, 5) is 20.4. The summed E-state index contributed by atoms with van der Waals surface area (Å²) in [6.45, 7) is 0. The molecule has 2 aliphatic rings. The predicted molar refractivity (Wildman–Crippen MR) is 63.0 cm³/mol. The monoisotopic (exact) mass is 364 g/mol. The van der Waals surface area contributed by atoms with E-state index >= 15 is 0 Å². The Bertz CT molecular complexity index is 315. The Labute approximate surface area is 133 Å². The Balaban J connectivity index is 0.000000324. The third-order valence-corrected chi connectivity index (χ3v) is 3.20. The number of allylic oxidation sites excluding steroid dienone is 4. The van der Waals surface area contributed by atoms with Crippen LogP contribution in [0.5, 0.6) is 0 Å². The van der Waals surface area contributed by atoms with Crippen LogP contribution < -0.4 is 10.2 Å². The summed E-state index contributed by atoms with van der Waals surface area (Å²) >= 11 is 0. The summed E-state index contributed by atoms with van der Waals surface area (Å²) in [6.07, 6.45) is 12.4. The van der Waals surface area contributed by atoms with E-state index in [4.69, 9.17) is 0 Å². The SMILES string of the molecule is O=C([O-])C1CC=CCC1.O=C([O-])C1CC=CCC1.[Cd+2]. The van der Waals surface area contributed by atoms with Crippen molar-refractivity contribution in [3.8, 4) is 0 Å². The second kappa shape index (κ2) is 10.2. The van der Waals surface area contributed by atoms with Gasteiger partial charge in [0.1, 0.15) is 0 Å². The van der Waals surface area contributed by atoms with Gasteiger partial charge in [-0.25, -0.2) is 0 Å². The van der Waals surface area contributed by atoms with E-state index < -0.39 is 11.9 Å². The van der Waals surface area contributed by atoms with E-state index in [-0.39, 0.29) is 39.1 Å². The number of carboxylic acids is 2. The van der Waals surface area contributed by atoms with Crippen LogP contribution in [0.2, 0.25) is 0 Å². The summed E-state index contributed by atoms with van der Waals surface area (Å²) in [7, 11) is 0. The second-order valence-electron chi connectivity index (χ2n) is 4.60. The van der Waals surface area contributed by atoms with Crippen LogP contribution in [0.4, 0.5) is 0 Å². The molecule has 4 nitrogen and oxygen atoms in total. The summed E-state index contributed by atoms with van der Waals surface area (Å²) in [6, 6.07) is 0. The van der Waals surface area contributed by atoms with E-state index in [1.165, 1.54) is 0 Å². The molecule has 0 saturated carbocycles. The number of rotatable bonds is 2. The van der Waals surface area contributed by atoms with Gasteiger partial charge in [-0.1, -0.05) is 24.3 Å². The van der Waals surface area contributed by atoms with Crippen molar-refractivity contribution in [1.29, 1.82) is 0 Å². The average molecular weight is 363 g/mol. The first-order valence-electron chi connectivity index (χ1n) is 6.33. The average Bonchev–Trinajstić information content (AvgIpc) is 2.41. The molecule has 0 bridgehead atoms. The van der Waals surface area contributed by atoms with Crippen LogP contribution in [0.1, 0.15) is 38.5 Å². The van der Waals surface area contributed by atoms with Crippen molar-refractivity contribution in [3.05, 3.63) is 24.3 Å². The fourth-order valence-electron chi connectivity index (χ4n) is 2.02. The van der Waals surface area contributed by atoms with Crippen LogP contribution in [0.3, 0.4) is 0 Å². The molecule has 0 fully saturated rings. The number of carbonyl (C=O) groups is 2. The number of carbonyl (C=O) groups excluding carboxylic acids is 2. The predicted octanol–water partition coefficient (Wildman–Crippen LogP) is 0.183. The van der Waals surface area contributed by atoms with Crippen LogP contribution in [-0.2, 0) is 36.9 Å². The van der Waals surface area contributed by atoms with Gasteiger partial charge in [0, 0.05) is 23.8 Å². The molecule has 0 aromatic heterocycles. The fourth-order valence-corrected chi connectivity index (χ4v) is 2.02. The van der Waals surface area contributed by atoms with Gasteiger partial charge in [-0.15, -0.1) is 0 Å². The van der Waals surface area contributed by atoms with E-state index in [1.807, 2.05) is 24.3 Å². The van der Waals surface area contributed by atoms with Crippen molar-refractivity contribution in [2.24, 2.45) is 11.8 Å². The topological polar surface area (TPSA) is 80.3 Å². The van der Waals surface area contributed by atoms with Crippen LogP contribution in [0, 0.1) is 11.8 Å². The molecule has 0 saturated heterocycles. The Hall–Kier alpha value is -0.658. The number of hydrogen-bond donors (Lipinski definition) is 0. The van der Waals surface area contributed by atoms with Crippen LogP contribution in [0.15, 0.2) is 24.3 Å². The number of carboxylic acid groups (broad SMARTS) is 2. The standard InChI is InChI=1S/2C7H10O2.Cd/c2*8-7(9)6-4-2-1-3-5-6;/h2*1-2,6H,3-5H2,(H,8,9);/q;;+2/p-2. The molecule has 0 N–H and O–H groups in total. The van der Waals surface area contributed by atoms with Gasteiger partial charge in [-0.2, -0.15) is 0 Å². The zero-order chi connectivity index (χ0) is 13.4. The van der Waals surface area contributed by atoms with Crippen LogP contribution >= 0.6 is 0 Å². The summed E-state index contributed by atoms with van der Waals surface area (Å²) < 4.78 is 0. The molecule has 0 aromatic rings. The number of aliphatic carboxylic acids is 2. The molecule has 0 radical (unpaired) electrons. The van der Waals surface area contributed by atoms with E-state index in [9.17, 15) is 19.8 Å². The first kappa shape index (κ1) is 18.3. The largest absolute Gasteiger partial charge is 2.00 e. The van der Waals surface area contributed by atoms with Gasteiger partial charge >= 0.3 is 27.3 Å². The Morgan fingerprint density at radius 3 is 1.32 bits per heavy atom. The van der Waals surface area contributed by atoms with Crippen molar-refractivity contribution < 1.29 is 47.1 Å². The normalized spacial score (nSPS) is 24.6. The van der Waals surface area contributed by atoms with Gasteiger partial charge in [0.15, 0.2) is 0 Å². The third kappa shape index (κ3) is 7.49. The molecule has 0 spiro atoms. The molecule has 2 aliphatic carbocycles. The van der Waals surface area contributed by atoms with E-state index in [0.717, 1.165) is 25.7 Å². The first-order chi connectivity index (χ1) is 8.61. The molecule has 100 valence electrons. The Morgan fingerprint density at radius 1 is 0.789 bits per heavy atom. The van der Waals surface area contributed by atoms with E-state index in [0.29, 0.717) is 12.8 Å². The maximum Gasteiger partial charge on any atom is 2.00 e. The molecule has 0 aliphatic heterocycles. The van der Waals surface area contributed by atoms with Crippen molar-refractivity contribution in [2.45, 2.75) is 38.5 Å². The minimum absolute atomic E-state index is 0. The molecular weight excluding hydrogens is 345 g/mol. The van der Waals surface area contributed by atoms with Crippen LogP contribution in [0.25, 0.3) is 0 Å². The summed E-state index contributed by atoms with van der Waals surface area (Å²) in [5, 5.41) is 20.4. The van der Waals surface area contributed by atoms with E-state index in [2.05, 4.69) is 0 Å². The third-order valence-electron chi connectivity index (χ3n) is 3.20. The molecule has 2 atom stereocenters. The van der Waals surface area contributed by atoms with Gasteiger partial charge in [-0.05, 0) is 38.5 Å². The van der Waals surface area contributed by atoms with Crippen molar-refractivity contribution in [3.63, 3.8) is 0 Å². The van der Waals surface area contributed by atoms with E-state index in [1.54, 1.807) is 0 Å². The van der Waals surface area contributed by atoms with Crippen molar-refractivity contribution in [1.82, 2.24) is 0 Å². The molecule has 2 rings (SSSR count). The van der Waals surface area contributed by atoms with Gasteiger partial charge in [0.2, 0.25) is 0 Å². The molecular formula is C14H18CdO4. The van der Waals surface area contributed by atoms with Crippen LogP contribution in [-0.4, -0.2) is 11.9 Å². The maximum absolute atomic E-state index is 10.2.